The van der Waals surface area contributed by atoms with Gasteiger partial charge in [-0.15, -0.1) is 13.2 Å². The Morgan fingerprint density at radius 1 is 0.889 bits per heavy atom. The molecule has 4 rings (SSSR count). The molecule has 0 fully saturated rings. The number of carbonyl (C=O) groups is 1. The van der Waals surface area contributed by atoms with Crippen LogP contribution in [0, 0.1) is 0 Å². The highest BCUT2D eigenvalue weighted by atomic mass is 19.4. The average molecular weight is 493 g/mol. The minimum absolute atomic E-state index is 0.173. The fourth-order valence-electron chi connectivity index (χ4n) is 3.38. The third kappa shape index (κ3) is 7.23. The quantitative estimate of drug-likeness (QED) is 0.292. The molecule has 184 valence electrons. The van der Waals surface area contributed by atoms with E-state index in [1.165, 1.54) is 18.2 Å². The zero-order valence-electron chi connectivity index (χ0n) is 19.0. The summed E-state index contributed by atoms with van der Waals surface area (Å²) in [6.07, 6.45) is -1.45. The minimum atomic E-state index is -4.79. The fourth-order valence-corrected chi connectivity index (χ4v) is 3.38. The van der Waals surface area contributed by atoms with Crippen molar-refractivity contribution in [3.8, 4) is 22.6 Å². The summed E-state index contributed by atoms with van der Waals surface area (Å²) in [5.74, 6) is 0.0821. The molecule has 1 heterocycles. The van der Waals surface area contributed by atoms with Crippen LogP contribution in [0.5, 0.6) is 11.5 Å². The molecule has 9 heteroatoms. The molecule has 0 saturated heterocycles. The number of hydrogen-bond acceptors (Lipinski definition) is 4. The summed E-state index contributed by atoms with van der Waals surface area (Å²) in [5.41, 5.74) is 3.46. The number of nitrogens with zero attached hydrogens (tertiary/aromatic N) is 1. The summed E-state index contributed by atoms with van der Waals surface area (Å²) in [7, 11) is 0. The number of rotatable bonds is 8. The van der Waals surface area contributed by atoms with Crippen molar-refractivity contribution < 1.29 is 27.4 Å². The summed E-state index contributed by atoms with van der Waals surface area (Å²) in [4.78, 5) is 16.1. The van der Waals surface area contributed by atoms with Gasteiger partial charge in [-0.25, -0.2) is 4.79 Å². The van der Waals surface area contributed by atoms with Crippen LogP contribution in [0.4, 0.5) is 23.7 Å². The molecule has 0 bridgehead atoms. The molecule has 0 aliphatic heterocycles. The lowest BCUT2D eigenvalue weighted by atomic mass is 10.0. The first-order chi connectivity index (χ1) is 17.4. The molecule has 2 amide bonds. The molecule has 0 radical (unpaired) electrons. The first kappa shape index (κ1) is 24.6. The molecular weight excluding hydrogens is 471 g/mol. The number of ether oxygens (including phenoxy) is 2. The van der Waals surface area contributed by atoms with E-state index in [1.807, 2.05) is 12.1 Å². The van der Waals surface area contributed by atoms with Gasteiger partial charge in [-0.2, -0.15) is 0 Å². The number of carbonyl (C=O) groups excluding carboxylic acids is 1. The van der Waals surface area contributed by atoms with Gasteiger partial charge in [-0.05, 0) is 53.1 Å². The summed E-state index contributed by atoms with van der Waals surface area (Å²) in [6.45, 7) is 0.523. The second kappa shape index (κ2) is 11.3. The Kier molecular flexibility index (Phi) is 7.69. The molecule has 3 aromatic carbocycles. The van der Waals surface area contributed by atoms with Crippen molar-refractivity contribution in [2.75, 3.05) is 5.32 Å². The van der Waals surface area contributed by atoms with Crippen molar-refractivity contribution in [3.05, 3.63) is 108 Å². The van der Waals surface area contributed by atoms with E-state index in [0.29, 0.717) is 29.1 Å². The van der Waals surface area contributed by atoms with E-state index in [0.717, 1.165) is 11.1 Å². The molecular formula is C27H22F3N3O3. The Balaban J connectivity index is 1.38. The first-order valence-electron chi connectivity index (χ1n) is 11.0. The molecule has 0 aliphatic carbocycles. The standard InChI is InChI=1S/C27H22F3N3O3/c28-27(29,30)36-23-12-13-25(24(15-23)21-6-2-1-3-7-21)35-18-19-8-10-22(11-9-19)33-26(34)32-17-20-5-4-14-31-16-20/h1-16H,17-18H2,(H2,32,33,34). The Morgan fingerprint density at radius 2 is 1.67 bits per heavy atom. The number of urea groups is 1. The van der Waals surface area contributed by atoms with E-state index >= 15 is 0 Å². The number of amides is 2. The highest BCUT2D eigenvalue weighted by Gasteiger charge is 2.31. The van der Waals surface area contributed by atoms with Crippen molar-refractivity contribution in [1.82, 2.24) is 10.3 Å². The van der Waals surface area contributed by atoms with Gasteiger partial charge in [0, 0.05) is 30.2 Å². The maximum atomic E-state index is 12.7. The van der Waals surface area contributed by atoms with Crippen molar-refractivity contribution in [2.24, 2.45) is 0 Å². The van der Waals surface area contributed by atoms with E-state index < -0.39 is 6.36 Å². The molecule has 0 unspecified atom stereocenters. The van der Waals surface area contributed by atoms with Crippen LogP contribution in [0.3, 0.4) is 0 Å². The van der Waals surface area contributed by atoms with Crippen LogP contribution in [-0.4, -0.2) is 17.4 Å². The molecule has 36 heavy (non-hydrogen) atoms. The van der Waals surface area contributed by atoms with Crippen molar-refractivity contribution in [2.45, 2.75) is 19.5 Å². The third-order valence-electron chi connectivity index (χ3n) is 5.05. The first-order valence-corrected chi connectivity index (χ1v) is 11.0. The lowest BCUT2D eigenvalue weighted by molar-refractivity contribution is -0.274. The molecule has 0 aliphatic rings. The van der Waals surface area contributed by atoms with Gasteiger partial charge in [0.2, 0.25) is 0 Å². The highest BCUT2D eigenvalue weighted by molar-refractivity contribution is 5.89. The number of benzene rings is 3. The van der Waals surface area contributed by atoms with Crippen LogP contribution in [0.25, 0.3) is 11.1 Å². The van der Waals surface area contributed by atoms with E-state index in [2.05, 4.69) is 20.4 Å². The van der Waals surface area contributed by atoms with Crippen LogP contribution in [0.15, 0.2) is 97.3 Å². The second-order valence-electron chi connectivity index (χ2n) is 7.73. The second-order valence-corrected chi connectivity index (χ2v) is 7.73. The zero-order chi connectivity index (χ0) is 25.4. The maximum absolute atomic E-state index is 12.7. The number of pyridine rings is 1. The number of anilines is 1. The summed E-state index contributed by atoms with van der Waals surface area (Å²) < 4.78 is 48.1. The average Bonchev–Trinajstić information content (AvgIpc) is 2.88. The highest BCUT2D eigenvalue weighted by Crippen LogP contribution is 2.35. The van der Waals surface area contributed by atoms with Crippen molar-refractivity contribution in [3.63, 3.8) is 0 Å². The molecule has 0 spiro atoms. The predicted molar refractivity (Wildman–Crippen MR) is 129 cm³/mol. The van der Waals surface area contributed by atoms with E-state index in [1.54, 1.807) is 67.0 Å². The smallest absolute Gasteiger partial charge is 0.488 e. The van der Waals surface area contributed by atoms with Crippen LogP contribution >= 0.6 is 0 Å². The monoisotopic (exact) mass is 493 g/mol. The number of halogens is 3. The molecule has 6 nitrogen and oxygen atoms in total. The van der Waals surface area contributed by atoms with Crippen LogP contribution in [0.2, 0.25) is 0 Å². The Morgan fingerprint density at radius 3 is 2.36 bits per heavy atom. The van der Waals surface area contributed by atoms with Crippen molar-refractivity contribution in [1.29, 1.82) is 0 Å². The van der Waals surface area contributed by atoms with Gasteiger partial charge >= 0.3 is 12.4 Å². The summed E-state index contributed by atoms with van der Waals surface area (Å²) in [5, 5.41) is 5.51. The summed E-state index contributed by atoms with van der Waals surface area (Å²) in [6, 6.07) is 23.3. The lowest BCUT2D eigenvalue weighted by Gasteiger charge is -2.15. The van der Waals surface area contributed by atoms with Crippen LogP contribution < -0.4 is 20.1 Å². The lowest BCUT2D eigenvalue weighted by Crippen LogP contribution is -2.28. The molecule has 4 aromatic rings. The Labute approximate surface area is 205 Å². The number of alkyl halides is 3. The molecule has 0 saturated carbocycles. The van der Waals surface area contributed by atoms with E-state index in [-0.39, 0.29) is 18.4 Å². The van der Waals surface area contributed by atoms with Crippen LogP contribution in [0.1, 0.15) is 11.1 Å². The molecule has 0 atom stereocenters. The van der Waals surface area contributed by atoms with Gasteiger partial charge in [0.05, 0.1) is 0 Å². The molecule has 1 aromatic heterocycles. The Hall–Kier alpha value is -4.53. The topological polar surface area (TPSA) is 72.5 Å². The summed E-state index contributed by atoms with van der Waals surface area (Å²) >= 11 is 0. The van der Waals surface area contributed by atoms with E-state index in [9.17, 15) is 18.0 Å². The normalized spacial score (nSPS) is 11.0. The third-order valence-corrected chi connectivity index (χ3v) is 5.05. The van der Waals surface area contributed by atoms with E-state index in [4.69, 9.17) is 4.74 Å². The molecule has 2 N–H and O–H groups in total. The van der Waals surface area contributed by atoms with Gasteiger partial charge in [0.15, 0.2) is 0 Å². The zero-order valence-corrected chi connectivity index (χ0v) is 19.0. The van der Waals surface area contributed by atoms with Crippen LogP contribution in [-0.2, 0) is 13.2 Å². The van der Waals surface area contributed by atoms with Gasteiger partial charge in [0.1, 0.15) is 18.1 Å². The predicted octanol–water partition coefficient (Wildman–Crippen LogP) is 6.55. The largest absolute Gasteiger partial charge is 0.573 e. The maximum Gasteiger partial charge on any atom is 0.573 e. The minimum Gasteiger partial charge on any atom is -0.488 e. The van der Waals surface area contributed by atoms with Gasteiger partial charge in [0.25, 0.3) is 0 Å². The van der Waals surface area contributed by atoms with Gasteiger partial charge < -0.3 is 20.1 Å². The number of aromatic nitrogens is 1. The number of nitrogens with one attached hydrogen (secondary N) is 2. The Bertz CT molecular complexity index is 1280. The van der Waals surface area contributed by atoms with Gasteiger partial charge in [-0.1, -0.05) is 48.5 Å². The van der Waals surface area contributed by atoms with Gasteiger partial charge in [-0.3, -0.25) is 4.98 Å². The van der Waals surface area contributed by atoms with Crippen molar-refractivity contribution >= 4 is 11.7 Å². The fraction of sp³-hybridized carbons (Fsp3) is 0.111. The number of hydrogen-bond donors (Lipinski definition) is 2. The SMILES string of the molecule is O=C(NCc1cccnc1)Nc1ccc(COc2ccc(OC(F)(F)F)cc2-c2ccccc2)cc1.